The van der Waals surface area contributed by atoms with E-state index < -0.39 is 0 Å². The highest BCUT2D eigenvalue weighted by Gasteiger charge is 2.33. The minimum absolute atomic E-state index is 0.332. The zero-order valence-corrected chi connectivity index (χ0v) is 12.2. The van der Waals surface area contributed by atoms with Crippen LogP contribution in [0.1, 0.15) is 26.7 Å². The summed E-state index contributed by atoms with van der Waals surface area (Å²) >= 11 is 0. The van der Waals surface area contributed by atoms with E-state index >= 15 is 0 Å². The van der Waals surface area contributed by atoms with E-state index in [4.69, 9.17) is 4.74 Å². The first-order chi connectivity index (χ1) is 8.62. The maximum Gasteiger partial charge on any atom is 0.0594 e. The van der Waals surface area contributed by atoms with Crippen LogP contribution in [-0.4, -0.2) is 74.4 Å². The van der Waals surface area contributed by atoms with E-state index in [0.717, 1.165) is 26.3 Å². The molecule has 0 aromatic carbocycles. The average Bonchev–Trinajstić information content (AvgIpc) is 2.37. The van der Waals surface area contributed by atoms with Crippen molar-refractivity contribution in [3.8, 4) is 0 Å². The number of hydrogen-bond acceptors (Lipinski definition) is 4. The van der Waals surface area contributed by atoms with Gasteiger partial charge in [0.15, 0.2) is 0 Å². The van der Waals surface area contributed by atoms with Crippen molar-refractivity contribution in [2.75, 3.05) is 53.0 Å². The van der Waals surface area contributed by atoms with Crippen LogP contribution in [0.2, 0.25) is 0 Å². The molecule has 2 fully saturated rings. The fourth-order valence-electron chi connectivity index (χ4n) is 3.20. The summed E-state index contributed by atoms with van der Waals surface area (Å²) in [5, 5.41) is 3.43. The molecular formula is C14H29N3O. The molecule has 0 spiro atoms. The van der Waals surface area contributed by atoms with Crippen molar-refractivity contribution in [2.24, 2.45) is 0 Å². The molecule has 0 aromatic heterocycles. The Kier molecular flexibility index (Phi) is 5.01. The molecule has 0 saturated carbocycles. The molecule has 0 aliphatic carbocycles. The number of piperidine rings is 1. The highest BCUT2D eigenvalue weighted by atomic mass is 16.5. The summed E-state index contributed by atoms with van der Waals surface area (Å²) in [6, 6.07) is 0.694. The summed E-state index contributed by atoms with van der Waals surface area (Å²) in [4.78, 5) is 5.19. The molecule has 1 atom stereocenters. The predicted octanol–water partition coefficient (Wildman–Crippen LogP) is 0.781. The van der Waals surface area contributed by atoms with Crippen LogP contribution in [0.25, 0.3) is 0 Å². The second kappa shape index (κ2) is 6.33. The third-order valence-corrected chi connectivity index (χ3v) is 4.55. The van der Waals surface area contributed by atoms with Gasteiger partial charge in [0.1, 0.15) is 0 Å². The number of nitrogens with zero attached hydrogens (tertiary/aromatic N) is 2. The van der Waals surface area contributed by atoms with Crippen LogP contribution in [0.3, 0.4) is 0 Å². The third kappa shape index (κ3) is 3.67. The lowest BCUT2D eigenvalue weighted by molar-refractivity contribution is 0.0142. The van der Waals surface area contributed by atoms with Crippen LogP contribution in [0.4, 0.5) is 0 Å². The van der Waals surface area contributed by atoms with Crippen molar-refractivity contribution >= 4 is 0 Å². The number of ether oxygens (including phenoxy) is 1. The van der Waals surface area contributed by atoms with Gasteiger partial charge in [-0.2, -0.15) is 0 Å². The summed E-state index contributed by atoms with van der Waals surface area (Å²) in [6.45, 7) is 12.4. The van der Waals surface area contributed by atoms with E-state index in [1.807, 2.05) is 0 Å². The Morgan fingerprint density at radius 3 is 2.50 bits per heavy atom. The topological polar surface area (TPSA) is 27.7 Å². The Balaban J connectivity index is 1.78. The quantitative estimate of drug-likeness (QED) is 0.803. The van der Waals surface area contributed by atoms with Gasteiger partial charge in [-0.25, -0.2) is 0 Å². The van der Waals surface area contributed by atoms with Crippen molar-refractivity contribution in [1.29, 1.82) is 0 Å². The molecule has 2 aliphatic rings. The minimum Gasteiger partial charge on any atom is -0.379 e. The summed E-state index contributed by atoms with van der Waals surface area (Å²) in [5.41, 5.74) is 0.332. The number of likely N-dealkylation sites (tertiary alicyclic amines) is 1. The lowest BCUT2D eigenvalue weighted by Crippen LogP contribution is -2.56. The van der Waals surface area contributed by atoms with Crippen molar-refractivity contribution < 1.29 is 4.74 Å². The fraction of sp³-hybridized carbons (Fsp3) is 1.00. The van der Waals surface area contributed by atoms with E-state index in [1.165, 1.54) is 32.5 Å². The molecule has 0 bridgehead atoms. The zero-order chi connectivity index (χ0) is 13.0. The van der Waals surface area contributed by atoms with Crippen LogP contribution in [-0.2, 0) is 4.74 Å². The summed E-state index contributed by atoms with van der Waals surface area (Å²) < 4.78 is 5.40. The molecule has 0 aromatic rings. The van der Waals surface area contributed by atoms with Gasteiger partial charge in [-0.1, -0.05) is 0 Å². The van der Waals surface area contributed by atoms with Gasteiger partial charge in [0.25, 0.3) is 0 Å². The van der Waals surface area contributed by atoms with E-state index in [0.29, 0.717) is 11.6 Å². The van der Waals surface area contributed by atoms with Gasteiger partial charge in [0, 0.05) is 44.3 Å². The maximum atomic E-state index is 5.40. The van der Waals surface area contributed by atoms with Crippen LogP contribution in [0.15, 0.2) is 0 Å². The lowest BCUT2D eigenvalue weighted by atomic mass is 9.87. The summed E-state index contributed by atoms with van der Waals surface area (Å²) in [6.07, 6.45) is 2.54. The third-order valence-electron chi connectivity index (χ3n) is 4.55. The molecule has 2 saturated heterocycles. The molecular weight excluding hydrogens is 226 g/mol. The zero-order valence-electron chi connectivity index (χ0n) is 12.2. The fourth-order valence-corrected chi connectivity index (χ4v) is 3.20. The van der Waals surface area contributed by atoms with Gasteiger partial charge in [0.2, 0.25) is 0 Å². The van der Waals surface area contributed by atoms with Gasteiger partial charge in [-0.05, 0) is 33.7 Å². The molecule has 0 amide bonds. The van der Waals surface area contributed by atoms with Crippen LogP contribution >= 0.6 is 0 Å². The largest absolute Gasteiger partial charge is 0.379 e. The molecule has 106 valence electrons. The molecule has 2 heterocycles. The first-order valence-electron chi connectivity index (χ1n) is 7.34. The SMILES string of the molecule is CNC1CCN(CCN2CCOCC2)C(C)(C)C1. The van der Waals surface area contributed by atoms with Gasteiger partial charge in [-0.15, -0.1) is 0 Å². The predicted molar refractivity (Wildman–Crippen MR) is 75.0 cm³/mol. The molecule has 1 N–H and O–H groups in total. The highest BCUT2D eigenvalue weighted by molar-refractivity contribution is 4.92. The Labute approximate surface area is 112 Å². The van der Waals surface area contributed by atoms with Crippen molar-refractivity contribution in [3.05, 3.63) is 0 Å². The molecule has 2 rings (SSSR count). The normalized spacial score (nSPS) is 30.5. The standard InChI is InChI=1S/C14H29N3O/c1-14(2)12-13(15-3)4-5-17(14)7-6-16-8-10-18-11-9-16/h13,15H,4-12H2,1-3H3. The number of nitrogens with one attached hydrogen (secondary N) is 1. The molecule has 4 nitrogen and oxygen atoms in total. The molecule has 0 radical (unpaired) electrons. The van der Waals surface area contributed by atoms with Gasteiger partial charge in [0.05, 0.1) is 13.2 Å². The number of morpholine rings is 1. The number of rotatable bonds is 4. The highest BCUT2D eigenvalue weighted by Crippen LogP contribution is 2.27. The van der Waals surface area contributed by atoms with E-state index in [1.54, 1.807) is 0 Å². The molecule has 1 unspecified atom stereocenters. The van der Waals surface area contributed by atoms with E-state index in [9.17, 15) is 0 Å². The Morgan fingerprint density at radius 2 is 1.89 bits per heavy atom. The van der Waals surface area contributed by atoms with Crippen LogP contribution in [0.5, 0.6) is 0 Å². The van der Waals surface area contributed by atoms with E-state index in [2.05, 4.69) is 36.0 Å². The van der Waals surface area contributed by atoms with Crippen molar-refractivity contribution in [2.45, 2.75) is 38.3 Å². The summed E-state index contributed by atoms with van der Waals surface area (Å²) in [7, 11) is 2.09. The molecule has 2 aliphatic heterocycles. The second-order valence-electron chi connectivity index (χ2n) is 6.23. The first kappa shape index (κ1) is 14.3. The van der Waals surface area contributed by atoms with Gasteiger partial charge >= 0.3 is 0 Å². The smallest absolute Gasteiger partial charge is 0.0594 e. The summed E-state index contributed by atoms with van der Waals surface area (Å²) in [5.74, 6) is 0. The Morgan fingerprint density at radius 1 is 1.17 bits per heavy atom. The van der Waals surface area contributed by atoms with E-state index in [-0.39, 0.29) is 0 Å². The Hall–Kier alpha value is -0.160. The first-order valence-corrected chi connectivity index (χ1v) is 7.34. The van der Waals surface area contributed by atoms with Gasteiger partial charge in [-0.3, -0.25) is 9.80 Å². The maximum absolute atomic E-state index is 5.40. The average molecular weight is 255 g/mol. The minimum atomic E-state index is 0.332. The Bertz CT molecular complexity index is 251. The monoisotopic (exact) mass is 255 g/mol. The van der Waals surface area contributed by atoms with Crippen LogP contribution < -0.4 is 5.32 Å². The second-order valence-corrected chi connectivity index (χ2v) is 6.23. The number of hydrogen-bond donors (Lipinski definition) is 1. The molecule has 4 heteroatoms. The molecule has 18 heavy (non-hydrogen) atoms. The van der Waals surface area contributed by atoms with Gasteiger partial charge < -0.3 is 10.1 Å². The lowest BCUT2D eigenvalue weighted by Gasteiger charge is -2.46. The van der Waals surface area contributed by atoms with Crippen molar-refractivity contribution in [3.63, 3.8) is 0 Å². The van der Waals surface area contributed by atoms with Crippen molar-refractivity contribution in [1.82, 2.24) is 15.1 Å². The van der Waals surface area contributed by atoms with Crippen LogP contribution in [0, 0.1) is 0 Å².